The van der Waals surface area contributed by atoms with Gasteiger partial charge in [-0.3, -0.25) is 4.79 Å². The zero-order valence-corrected chi connectivity index (χ0v) is 10.9. The van der Waals surface area contributed by atoms with Gasteiger partial charge in [-0.25, -0.2) is 0 Å². The number of rotatable bonds is 6. The average Bonchev–Trinajstić information content (AvgIpc) is 2.38. The Kier molecular flexibility index (Phi) is 5.45. The number of hydrogen-bond acceptors (Lipinski definition) is 5. The average molecular weight is 253 g/mol. The highest BCUT2D eigenvalue weighted by atomic mass is 16.5. The highest BCUT2D eigenvalue weighted by molar-refractivity contribution is 5.69. The van der Waals surface area contributed by atoms with Crippen LogP contribution in [0.25, 0.3) is 0 Å². The molecular weight excluding hydrogens is 234 g/mol. The second kappa shape index (κ2) is 6.86. The first-order chi connectivity index (χ1) is 8.58. The van der Waals surface area contributed by atoms with Crippen LogP contribution in [0.4, 0.5) is 0 Å². The molecule has 0 spiro atoms. The van der Waals surface area contributed by atoms with E-state index in [9.17, 15) is 4.79 Å². The number of carbonyl (C=O) groups is 1. The Morgan fingerprint density at radius 2 is 2.06 bits per heavy atom. The molecule has 5 heteroatoms. The molecule has 0 aliphatic carbocycles. The van der Waals surface area contributed by atoms with Gasteiger partial charge < -0.3 is 19.9 Å². The maximum absolute atomic E-state index is 10.9. The standard InChI is InChI=1S/C13H19NO4/c1-9(14)10-4-5-11(12(8-10)16-2)18-7-6-13(15)17-3/h4-5,8-9H,6-7,14H2,1-3H3/t9-/m0/s1. The van der Waals surface area contributed by atoms with Crippen molar-refractivity contribution in [2.45, 2.75) is 19.4 Å². The minimum absolute atomic E-state index is 0.0666. The summed E-state index contributed by atoms with van der Waals surface area (Å²) in [4.78, 5) is 10.9. The predicted octanol–water partition coefficient (Wildman–Crippen LogP) is 1.66. The van der Waals surface area contributed by atoms with E-state index in [-0.39, 0.29) is 25.0 Å². The molecule has 0 saturated heterocycles. The summed E-state index contributed by atoms with van der Waals surface area (Å²) in [6, 6.07) is 5.43. The number of benzene rings is 1. The van der Waals surface area contributed by atoms with Crippen molar-refractivity contribution < 1.29 is 19.0 Å². The largest absolute Gasteiger partial charge is 0.493 e. The third kappa shape index (κ3) is 3.92. The molecule has 1 aromatic rings. The molecule has 1 rings (SSSR count). The number of hydrogen-bond donors (Lipinski definition) is 1. The lowest BCUT2D eigenvalue weighted by Gasteiger charge is -2.13. The molecule has 0 radical (unpaired) electrons. The zero-order valence-electron chi connectivity index (χ0n) is 10.9. The smallest absolute Gasteiger partial charge is 0.308 e. The molecule has 18 heavy (non-hydrogen) atoms. The van der Waals surface area contributed by atoms with Gasteiger partial charge in [0.1, 0.15) is 0 Å². The fourth-order valence-corrected chi connectivity index (χ4v) is 1.43. The van der Waals surface area contributed by atoms with Crippen LogP contribution in [0.3, 0.4) is 0 Å². The van der Waals surface area contributed by atoms with Crippen LogP contribution in [0.5, 0.6) is 11.5 Å². The van der Waals surface area contributed by atoms with E-state index in [1.165, 1.54) is 7.11 Å². The lowest BCUT2D eigenvalue weighted by Crippen LogP contribution is -2.09. The Balaban J connectivity index is 2.68. The van der Waals surface area contributed by atoms with E-state index < -0.39 is 0 Å². The van der Waals surface area contributed by atoms with Gasteiger partial charge in [-0.1, -0.05) is 6.07 Å². The van der Waals surface area contributed by atoms with E-state index in [4.69, 9.17) is 15.2 Å². The molecule has 2 N–H and O–H groups in total. The molecule has 0 bridgehead atoms. The Morgan fingerprint density at radius 3 is 2.61 bits per heavy atom. The van der Waals surface area contributed by atoms with Crippen molar-refractivity contribution in [3.05, 3.63) is 23.8 Å². The van der Waals surface area contributed by atoms with Gasteiger partial charge in [0.25, 0.3) is 0 Å². The van der Waals surface area contributed by atoms with Crippen molar-refractivity contribution in [2.24, 2.45) is 5.73 Å². The number of ether oxygens (including phenoxy) is 3. The van der Waals surface area contributed by atoms with Gasteiger partial charge in [-0.15, -0.1) is 0 Å². The van der Waals surface area contributed by atoms with Crippen LogP contribution in [0.2, 0.25) is 0 Å². The summed E-state index contributed by atoms with van der Waals surface area (Å²) in [5, 5.41) is 0. The van der Waals surface area contributed by atoms with Gasteiger partial charge in [0.05, 0.1) is 27.2 Å². The second-order valence-electron chi connectivity index (χ2n) is 3.87. The first-order valence-corrected chi connectivity index (χ1v) is 5.71. The SMILES string of the molecule is COC(=O)CCOc1ccc([C@H](C)N)cc1OC. The highest BCUT2D eigenvalue weighted by Crippen LogP contribution is 2.29. The van der Waals surface area contributed by atoms with Gasteiger partial charge in [-0.2, -0.15) is 0 Å². The van der Waals surface area contributed by atoms with Crippen LogP contribution >= 0.6 is 0 Å². The molecule has 0 aliphatic rings. The number of esters is 1. The lowest BCUT2D eigenvalue weighted by atomic mass is 10.1. The highest BCUT2D eigenvalue weighted by Gasteiger charge is 2.09. The fraction of sp³-hybridized carbons (Fsp3) is 0.462. The van der Waals surface area contributed by atoms with E-state index in [1.807, 2.05) is 19.1 Å². The van der Waals surface area contributed by atoms with Gasteiger partial charge in [-0.05, 0) is 24.6 Å². The van der Waals surface area contributed by atoms with Crippen molar-refractivity contribution in [1.82, 2.24) is 0 Å². The van der Waals surface area contributed by atoms with E-state index in [1.54, 1.807) is 13.2 Å². The van der Waals surface area contributed by atoms with Crippen LogP contribution in [-0.2, 0) is 9.53 Å². The molecule has 0 amide bonds. The van der Waals surface area contributed by atoms with Crippen LogP contribution in [-0.4, -0.2) is 26.8 Å². The Labute approximate surface area is 107 Å². The van der Waals surface area contributed by atoms with Crippen LogP contribution in [0.1, 0.15) is 24.9 Å². The summed E-state index contributed by atoms with van der Waals surface area (Å²) in [7, 11) is 2.91. The van der Waals surface area contributed by atoms with E-state index >= 15 is 0 Å². The van der Waals surface area contributed by atoms with Crippen molar-refractivity contribution in [1.29, 1.82) is 0 Å². The minimum atomic E-state index is -0.304. The summed E-state index contributed by atoms with van der Waals surface area (Å²) in [5.41, 5.74) is 6.75. The molecule has 0 heterocycles. The van der Waals surface area contributed by atoms with Gasteiger partial charge >= 0.3 is 5.97 Å². The summed E-state index contributed by atoms with van der Waals surface area (Å²) in [5.74, 6) is 0.890. The van der Waals surface area contributed by atoms with Crippen molar-refractivity contribution in [3.63, 3.8) is 0 Å². The summed E-state index contributed by atoms with van der Waals surface area (Å²) in [6.07, 6.45) is 0.203. The van der Waals surface area contributed by atoms with Crippen LogP contribution in [0, 0.1) is 0 Å². The Morgan fingerprint density at radius 1 is 1.33 bits per heavy atom. The first-order valence-electron chi connectivity index (χ1n) is 5.71. The van der Waals surface area contributed by atoms with E-state index in [0.29, 0.717) is 11.5 Å². The molecule has 0 saturated carbocycles. The van der Waals surface area contributed by atoms with Crippen molar-refractivity contribution >= 4 is 5.97 Å². The summed E-state index contributed by atoms with van der Waals surface area (Å²) < 4.78 is 15.2. The Hall–Kier alpha value is -1.75. The number of methoxy groups -OCH3 is 2. The van der Waals surface area contributed by atoms with E-state index in [0.717, 1.165) is 5.56 Å². The number of carbonyl (C=O) groups excluding carboxylic acids is 1. The maximum Gasteiger partial charge on any atom is 0.308 e. The predicted molar refractivity (Wildman–Crippen MR) is 67.7 cm³/mol. The fourth-order valence-electron chi connectivity index (χ4n) is 1.43. The minimum Gasteiger partial charge on any atom is -0.493 e. The molecular formula is C13H19NO4. The van der Waals surface area contributed by atoms with Crippen molar-refractivity contribution in [2.75, 3.05) is 20.8 Å². The lowest BCUT2D eigenvalue weighted by molar-refractivity contribution is -0.141. The Bertz CT molecular complexity index is 404. The van der Waals surface area contributed by atoms with Gasteiger partial charge in [0.2, 0.25) is 0 Å². The number of nitrogens with two attached hydrogens (primary N) is 1. The van der Waals surface area contributed by atoms with Crippen molar-refractivity contribution in [3.8, 4) is 11.5 Å². The van der Waals surface area contributed by atoms with Gasteiger partial charge in [0.15, 0.2) is 11.5 Å². The third-order valence-electron chi connectivity index (χ3n) is 2.50. The third-order valence-corrected chi connectivity index (χ3v) is 2.50. The summed E-state index contributed by atoms with van der Waals surface area (Å²) >= 11 is 0. The van der Waals surface area contributed by atoms with Crippen LogP contribution in [0.15, 0.2) is 18.2 Å². The first kappa shape index (κ1) is 14.3. The monoisotopic (exact) mass is 253 g/mol. The van der Waals surface area contributed by atoms with E-state index in [2.05, 4.69) is 4.74 Å². The zero-order chi connectivity index (χ0) is 13.5. The second-order valence-corrected chi connectivity index (χ2v) is 3.87. The quantitative estimate of drug-likeness (QED) is 0.781. The topological polar surface area (TPSA) is 70.8 Å². The molecule has 100 valence electrons. The molecule has 0 fully saturated rings. The molecule has 0 aromatic heterocycles. The maximum atomic E-state index is 10.9. The summed E-state index contributed by atoms with van der Waals surface area (Å²) in [6.45, 7) is 2.15. The van der Waals surface area contributed by atoms with Gasteiger partial charge in [0, 0.05) is 6.04 Å². The normalized spacial score (nSPS) is 11.8. The molecule has 0 unspecified atom stereocenters. The molecule has 1 atom stereocenters. The van der Waals surface area contributed by atoms with Crippen LogP contribution < -0.4 is 15.2 Å². The molecule has 5 nitrogen and oxygen atoms in total. The molecule has 0 aliphatic heterocycles. The molecule has 1 aromatic carbocycles.